The van der Waals surface area contributed by atoms with Crippen LogP contribution in [0.15, 0.2) is 54.7 Å². The average Bonchev–Trinajstić information content (AvgIpc) is 2.43. The molecule has 3 nitrogen and oxygen atoms in total. The zero-order chi connectivity index (χ0) is 13.2. The summed E-state index contributed by atoms with van der Waals surface area (Å²) in [5.74, 6) is 0.516. The molecular weight excluding hydrogens is 243 g/mol. The summed E-state index contributed by atoms with van der Waals surface area (Å²) in [4.78, 5) is 4.24. The van der Waals surface area contributed by atoms with Gasteiger partial charge in [0.1, 0.15) is 11.6 Å². The van der Waals surface area contributed by atoms with Crippen molar-refractivity contribution < 1.29 is 9.13 Å². The molecule has 0 aliphatic rings. The van der Waals surface area contributed by atoms with Crippen LogP contribution in [0.3, 0.4) is 0 Å². The van der Waals surface area contributed by atoms with E-state index >= 15 is 0 Å². The molecule has 0 aliphatic carbocycles. The fourth-order valence-corrected chi connectivity index (χ4v) is 1.88. The molecule has 1 aromatic heterocycles. The highest BCUT2D eigenvalue weighted by Crippen LogP contribution is 2.32. The van der Waals surface area contributed by atoms with Gasteiger partial charge in [0.15, 0.2) is 5.75 Å². The van der Waals surface area contributed by atoms with Crippen molar-refractivity contribution in [1.29, 1.82) is 0 Å². The van der Waals surface area contributed by atoms with Crippen LogP contribution in [0.1, 0.15) is 0 Å². The maximum Gasteiger partial charge on any atom is 0.153 e. The average molecular weight is 254 g/mol. The Morgan fingerprint density at radius 3 is 2.79 bits per heavy atom. The lowest BCUT2D eigenvalue weighted by Gasteiger charge is -2.10. The molecule has 0 radical (unpaired) electrons. The van der Waals surface area contributed by atoms with Crippen molar-refractivity contribution in [2.75, 3.05) is 5.73 Å². The summed E-state index contributed by atoms with van der Waals surface area (Å²) < 4.78 is 18.9. The van der Waals surface area contributed by atoms with E-state index in [2.05, 4.69) is 4.98 Å². The highest BCUT2D eigenvalue weighted by Gasteiger charge is 2.07. The molecular formula is C15H11FN2O. The third kappa shape index (κ3) is 2.20. The standard InChI is InChI=1S/C15H11FN2O/c16-10-6-7-12(17)15(9-10)19-14-5-1-4-13-11(14)3-2-8-18-13/h1-9H,17H2. The van der Waals surface area contributed by atoms with Crippen LogP contribution in [-0.2, 0) is 0 Å². The molecule has 2 aromatic carbocycles. The van der Waals surface area contributed by atoms with E-state index in [1.54, 1.807) is 12.3 Å². The van der Waals surface area contributed by atoms with Gasteiger partial charge in [-0.1, -0.05) is 6.07 Å². The molecule has 94 valence electrons. The van der Waals surface area contributed by atoms with Crippen LogP contribution in [0.4, 0.5) is 10.1 Å². The number of nitrogens with zero attached hydrogens (tertiary/aromatic N) is 1. The largest absolute Gasteiger partial charge is 0.454 e. The van der Waals surface area contributed by atoms with Gasteiger partial charge in [-0.15, -0.1) is 0 Å². The Hall–Kier alpha value is -2.62. The molecule has 0 fully saturated rings. The monoisotopic (exact) mass is 254 g/mol. The number of rotatable bonds is 2. The minimum absolute atomic E-state index is 0.302. The Bertz CT molecular complexity index is 738. The number of fused-ring (bicyclic) bond motifs is 1. The zero-order valence-electron chi connectivity index (χ0n) is 10.0. The number of hydrogen-bond donors (Lipinski definition) is 1. The minimum Gasteiger partial charge on any atom is -0.454 e. The molecule has 4 heteroatoms. The first-order valence-electron chi connectivity index (χ1n) is 5.81. The van der Waals surface area contributed by atoms with Crippen molar-refractivity contribution in [2.45, 2.75) is 0 Å². The van der Waals surface area contributed by atoms with Gasteiger partial charge < -0.3 is 10.5 Å². The molecule has 1 heterocycles. The summed E-state index contributed by atoms with van der Waals surface area (Å²) in [5.41, 5.74) is 6.98. The lowest BCUT2D eigenvalue weighted by molar-refractivity contribution is 0.484. The fourth-order valence-electron chi connectivity index (χ4n) is 1.88. The number of halogens is 1. The molecule has 3 rings (SSSR count). The molecule has 0 amide bonds. The van der Waals surface area contributed by atoms with Crippen molar-refractivity contribution in [3.63, 3.8) is 0 Å². The summed E-state index contributed by atoms with van der Waals surface area (Å²) in [7, 11) is 0. The second-order valence-electron chi connectivity index (χ2n) is 4.11. The number of ether oxygens (including phenoxy) is 1. The maximum atomic E-state index is 13.2. The summed E-state index contributed by atoms with van der Waals surface area (Å²) in [5, 5.41) is 0.855. The van der Waals surface area contributed by atoms with Gasteiger partial charge in [-0.2, -0.15) is 0 Å². The van der Waals surface area contributed by atoms with Crippen molar-refractivity contribution in [2.24, 2.45) is 0 Å². The quantitative estimate of drug-likeness (QED) is 0.708. The fraction of sp³-hybridized carbons (Fsp3) is 0. The lowest BCUT2D eigenvalue weighted by atomic mass is 10.2. The Kier molecular flexibility index (Phi) is 2.76. The van der Waals surface area contributed by atoms with E-state index < -0.39 is 0 Å². The van der Waals surface area contributed by atoms with Crippen LogP contribution < -0.4 is 10.5 Å². The number of anilines is 1. The topological polar surface area (TPSA) is 48.1 Å². The molecule has 3 aromatic rings. The van der Waals surface area contributed by atoms with Crippen LogP contribution in [0.2, 0.25) is 0 Å². The molecule has 2 N–H and O–H groups in total. The van der Waals surface area contributed by atoms with E-state index in [-0.39, 0.29) is 5.82 Å². The highest BCUT2D eigenvalue weighted by molar-refractivity contribution is 5.85. The SMILES string of the molecule is Nc1ccc(F)cc1Oc1cccc2ncccc12. The first-order chi connectivity index (χ1) is 9.24. The van der Waals surface area contributed by atoms with E-state index in [0.717, 1.165) is 10.9 Å². The Balaban J connectivity index is 2.08. The molecule has 0 atom stereocenters. The molecule has 0 saturated carbocycles. The summed E-state index contributed by atoms with van der Waals surface area (Å²) >= 11 is 0. The number of aromatic nitrogens is 1. The van der Waals surface area contributed by atoms with Crippen LogP contribution in [0, 0.1) is 5.82 Å². The van der Waals surface area contributed by atoms with E-state index in [9.17, 15) is 4.39 Å². The van der Waals surface area contributed by atoms with Gasteiger partial charge in [0, 0.05) is 17.6 Å². The van der Waals surface area contributed by atoms with Gasteiger partial charge >= 0.3 is 0 Å². The second-order valence-corrected chi connectivity index (χ2v) is 4.11. The maximum absolute atomic E-state index is 13.2. The summed E-state index contributed by atoms with van der Waals surface area (Å²) in [6.45, 7) is 0. The van der Waals surface area contributed by atoms with E-state index in [1.165, 1.54) is 18.2 Å². The number of nitrogen functional groups attached to an aromatic ring is 1. The zero-order valence-corrected chi connectivity index (χ0v) is 10.0. The van der Waals surface area contributed by atoms with E-state index in [0.29, 0.717) is 17.2 Å². The molecule has 0 aliphatic heterocycles. The Labute approximate surface area is 109 Å². The lowest BCUT2D eigenvalue weighted by Crippen LogP contribution is -1.93. The predicted octanol–water partition coefficient (Wildman–Crippen LogP) is 3.75. The van der Waals surface area contributed by atoms with E-state index in [4.69, 9.17) is 10.5 Å². The van der Waals surface area contributed by atoms with Crippen molar-refractivity contribution in [3.8, 4) is 11.5 Å². The third-order valence-electron chi connectivity index (χ3n) is 2.80. The van der Waals surface area contributed by atoms with Gasteiger partial charge in [-0.3, -0.25) is 4.98 Å². The molecule has 0 saturated heterocycles. The first-order valence-corrected chi connectivity index (χ1v) is 5.81. The Morgan fingerprint density at radius 2 is 1.89 bits per heavy atom. The van der Waals surface area contributed by atoms with Gasteiger partial charge in [-0.25, -0.2) is 4.39 Å². The van der Waals surface area contributed by atoms with Gasteiger partial charge in [-0.05, 0) is 36.4 Å². The normalized spacial score (nSPS) is 10.6. The van der Waals surface area contributed by atoms with Crippen molar-refractivity contribution in [1.82, 2.24) is 4.98 Å². The number of pyridine rings is 1. The molecule has 0 unspecified atom stereocenters. The van der Waals surface area contributed by atoms with Crippen molar-refractivity contribution >= 4 is 16.6 Å². The number of hydrogen-bond acceptors (Lipinski definition) is 3. The van der Waals surface area contributed by atoms with Gasteiger partial charge in [0.25, 0.3) is 0 Å². The smallest absolute Gasteiger partial charge is 0.153 e. The van der Waals surface area contributed by atoms with E-state index in [1.807, 2.05) is 24.3 Å². The first kappa shape index (κ1) is 11.5. The molecule has 0 spiro atoms. The summed E-state index contributed by atoms with van der Waals surface area (Å²) in [6, 6.07) is 13.3. The van der Waals surface area contributed by atoms with Crippen LogP contribution in [0.25, 0.3) is 10.9 Å². The molecule has 0 bridgehead atoms. The van der Waals surface area contributed by atoms with Crippen molar-refractivity contribution in [3.05, 3.63) is 60.5 Å². The summed E-state index contributed by atoms with van der Waals surface area (Å²) in [6.07, 6.45) is 1.71. The number of benzene rings is 2. The number of nitrogens with two attached hydrogens (primary N) is 1. The highest BCUT2D eigenvalue weighted by atomic mass is 19.1. The van der Waals surface area contributed by atoms with Gasteiger partial charge in [0.05, 0.1) is 11.2 Å². The predicted molar refractivity (Wildman–Crippen MR) is 72.6 cm³/mol. The Morgan fingerprint density at radius 1 is 1.00 bits per heavy atom. The third-order valence-corrected chi connectivity index (χ3v) is 2.80. The van der Waals surface area contributed by atoms with Gasteiger partial charge in [0.2, 0.25) is 0 Å². The minimum atomic E-state index is -0.387. The molecule has 19 heavy (non-hydrogen) atoms. The van der Waals surface area contributed by atoms with Crippen LogP contribution in [0.5, 0.6) is 11.5 Å². The van der Waals surface area contributed by atoms with Crippen LogP contribution in [-0.4, -0.2) is 4.98 Å². The second kappa shape index (κ2) is 4.57. The van der Waals surface area contributed by atoms with Crippen LogP contribution >= 0.6 is 0 Å².